The summed E-state index contributed by atoms with van der Waals surface area (Å²) in [5.41, 5.74) is 1.39. The number of carbonyl (C=O) groups is 2. The molecular formula is C18H25NO6. The molecule has 1 spiro atoms. The van der Waals surface area contributed by atoms with Crippen molar-refractivity contribution in [2.75, 3.05) is 20.3 Å². The maximum absolute atomic E-state index is 9.10. The van der Waals surface area contributed by atoms with Crippen LogP contribution in [0, 0.1) is 0 Å². The molecule has 0 aromatic heterocycles. The lowest BCUT2D eigenvalue weighted by Gasteiger charge is -2.39. The second-order valence-corrected chi connectivity index (χ2v) is 6.35. The Labute approximate surface area is 147 Å². The fourth-order valence-electron chi connectivity index (χ4n) is 3.27. The van der Waals surface area contributed by atoms with Crippen LogP contribution in [0.2, 0.25) is 0 Å². The summed E-state index contributed by atoms with van der Waals surface area (Å²) in [5.74, 6) is -3.88. The van der Waals surface area contributed by atoms with E-state index in [1.54, 1.807) is 0 Å². The van der Waals surface area contributed by atoms with Crippen molar-refractivity contribution in [3.63, 3.8) is 0 Å². The quantitative estimate of drug-likeness (QED) is 0.804. The van der Waals surface area contributed by atoms with Gasteiger partial charge in [-0.25, -0.2) is 9.59 Å². The molecular weight excluding hydrogens is 326 g/mol. The third-order valence-electron chi connectivity index (χ3n) is 4.61. The Bertz CT molecular complexity index is 548. The van der Waals surface area contributed by atoms with Gasteiger partial charge in [0, 0.05) is 25.4 Å². The van der Waals surface area contributed by atoms with Gasteiger partial charge < -0.3 is 19.7 Å². The molecule has 0 amide bonds. The van der Waals surface area contributed by atoms with E-state index >= 15 is 0 Å². The Hall–Kier alpha value is -1.96. The molecule has 2 aliphatic rings. The Balaban J connectivity index is 0.000000326. The number of hydrogen-bond donors (Lipinski definition) is 2. The Morgan fingerprint density at radius 1 is 1.08 bits per heavy atom. The summed E-state index contributed by atoms with van der Waals surface area (Å²) in [7, 11) is 2.23. The lowest BCUT2D eigenvalue weighted by Crippen LogP contribution is -2.42. The first kappa shape index (κ1) is 19.4. The van der Waals surface area contributed by atoms with E-state index in [0.29, 0.717) is 6.04 Å². The summed E-state index contributed by atoms with van der Waals surface area (Å²) < 4.78 is 11.6. The first-order valence-corrected chi connectivity index (χ1v) is 8.40. The first-order chi connectivity index (χ1) is 11.9. The summed E-state index contributed by atoms with van der Waals surface area (Å²) in [6, 6.07) is 11.3. The third kappa shape index (κ3) is 5.81. The van der Waals surface area contributed by atoms with Gasteiger partial charge in [-0.05, 0) is 25.5 Å². The predicted octanol–water partition coefficient (Wildman–Crippen LogP) is 1.96. The molecule has 0 radical (unpaired) electrons. The molecule has 138 valence electrons. The topological polar surface area (TPSA) is 96.3 Å². The molecule has 1 heterocycles. The highest BCUT2D eigenvalue weighted by atomic mass is 16.7. The maximum atomic E-state index is 9.10. The minimum atomic E-state index is -1.82. The standard InChI is InChI=1S/C16H23NO2.C2H2O4/c1-17(13-14-5-3-2-4-6-14)15-7-9-16(10-8-15)18-11-12-19-16;3-1(4)2(5)6/h2-6,15H,7-13H2,1H3;(H,3,4)(H,5,6). The number of carboxylic acids is 2. The van der Waals surface area contributed by atoms with Crippen molar-refractivity contribution in [2.24, 2.45) is 0 Å². The number of nitrogens with zero attached hydrogens (tertiary/aromatic N) is 1. The minimum absolute atomic E-state index is 0.232. The van der Waals surface area contributed by atoms with Crippen molar-refractivity contribution < 1.29 is 29.3 Å². The molecule has 0 atom stereocenters. The fraction of sp³-hybridized carbons (Fsp3) is 0.556. The molecule has 1 aromatic rings. The second-order valence-electron chi connectivity index (χ2n) is 6.35. The number of hydrogen-bond acceptors (Lipinski definition) is 5. The van der Waals surface area contributed by atoms with Crippen LogP contribution >= 0.6 is 0 Å². The summed E-state index contributed by atoms with van der Waals surface area (Å²) in [6.07, 6.45) is 4.42. The average Bonchev–Trinajstić information content (AvgIpc) is 3.05. The van der Waals surface area contributed by atoms with Crippen LogP contribution in [0.4, 0.5) is 0 Å². The van der Waals surface area contributed by atoms with E-state index in [1.807, 2.05) is 0 Å². The van der Waals surface area contributed by atoms with E-state index in [9.17, 15) is 0 Å². The van der Waals surface area contributed by atoms with Gasteiger partial charge in [-0.1, -0.05) is 30.3 Å². The SMILES string of the molecule is CN(Cc1ccccc1)C1CCC2(CC1)OCCO2.O=C(O)C(=O)O. The van der Waals surface area contributed by atoms with Gasteiger partial charge >= 0.3 is 11.9 Å². The number of rotatable bonds is 3. The molecule has 0 unspecified atom stereocenters. The highest BCUT2D eigenvalue weighted by molar-refractivity contribution is 6.27. The third-order valence-corrected chi connectivity index (χ3v) is 4.61. The number of benzene rings is 1. The van der Waals surface area contributed by atoms with Gasteiger partial charge in [0.15, 0.2) is 5.79 Å². The lowest BCUT2D eigenvalue weighted by atomic mass is 9.89. The fourth-order valence-corrected chi connectivity index (χ4v) is 3.27. The molecule has 0 bridgehead atoms. The highest BCUT2D eigenvalue weighted by Gasteiger charge is 2.40. The normalized spacial score (nSPS) is 19.4. The lowest BCUT2D eigenvalue weighted by molar-refractivity contribution is -0.183. The number of aliphatic carboxylic acids is 2. The van der Waals surface area contributed by atoms with Gasteiger partial charge in [-0.3, -0.25) is 4.90 Å². The molecule has 7 nitrogen and oxygen atoms in total. The Kier molecular flexibility index (Phi) is 6.92. The molecule has 25 heavy (non-hydrogen) atoms. The molecule has 2 N–H and O–H groups in total. The van der Waals surface area contributed by atoms with Crippen molar-refractivity contribution in [1.82, 2.24) is 4.90 Å². The molecule has 7 heteroatoms. The van der Waals surface area contributed by atoms with Gasteiger partial charge in [0.1, 0.15) is 0 Å². The zero-order chi connectivity index (χ0) is 18.3. The van der Waals surface area contributed by atoms with Crippen molar-refractivity contribution >= 4 is 11.9 Å². The highest BCUT2D eigenvalue weighted by Crippen LogP contribution is 2.37. The van der Waals surface area contributed by atoms with E-state index in [-0.39, 0.29) is 5.79 Å². The summed E-state index contributed by atoms with van der Waals surface area (Å²) >= 11 is 0. The van der Waals surface area contributed by atoms with Gasteiger partial charge in [0.2, 0.25) is 0 Å². The Morgan fingerprint density at radius 3 is 2.08 bits per heavy atom. The van der Waals surface area contributed by atoms with Gasteiger partial charge in [-0.15, -0.1) is 0 Å². The molecule has 1 aliphatic carbocycles. The molecule has 1 aliphatic heterocycles. The number of carboxylic acid groups (broad SMARTS) is 2. The van der Waals surface area contributed by atoms with E-state index in [0.717, 1.165) is 32.6 Å². The largest absolute Gasteiger partial charge is 0.473 e. The van der Waals surface area contributed by atoms with E-state index in [4.69, 9.17) is 29.3 Å². The molecule has 1 aromatic carbocycles. The predicted molar refractivity (Wildman–Crippen MR) is 90.1 cm³/mol. The van der Waals surface area contributed by atoms with Crippen LogP contribution in [0.1, 0.15) is 31.2 Å². The van der Waals surface area contributed by atoms with Gasteiger partial charge in [0.05, 0.1) is 13.2 Å². The van der Waals surface area contributed by atoms with Crippen LogP contribution in [0.25, 0.3) is 0 Å². The van der Waals surface area contributed by atoms with Crippen molar-refractivity contribution in [3.8, 4) is 0 Å². The van der Waals surface area contributed by atoms with Crippen LogP contribution in [-0.2, 0) is 25.6 Å². The minimum Gasteiger partial charge on any atom is -0.473 e. The smallest absolute Gasteiger partial charge is 0.414 e. The van der Waals surface area contributed by atoms with Crippen LogP contribution in [0.5, 0.6) is 0 Å². The van der Waals surface area contributed by atoms with Crippen LogP contribution in [-0.4, -0.2) is 59.1 Å². The second kappa shape index (κ2) is 8.94. The van der Waals surface area contributed by atoms with E-state index in [2.05, 4.69) is 42.3 Å². The molecule has 2 fully saturated rings. The number of ether oxygens (including phenoxy) is 2. The van der Waals surface area contributed by atoms with Crippen molar-refractivity contribution in [1.29, 1.82) is 0 Å². The average molecular weight is 351 g/mol. The van der Waals surface area contributed by atoms with Crippen molar-refractivity contribution in [2.45, 2.75) is 44.1 Å². The van der Waals surface area contributed by atoms with Crippen molar-refractivity contribution in [3.05, 3.63) is 35.9 Å². The van der Waals surface area contributed by atoms with Gasteiger partial charge in [0.25, 0.3) is 0 Å². The zero-order valence-electron chi connectivity index (χ0n) is 14.4. The summed E-state index contributed by atoms with van der Waals surface area (Å²) in [6.45, 7) is 2.56. The molecule has 3 rings (SSSR count). The first-order valence-electron chi connectivity index (χ1n) is 8.40. The Morgan fingerprint density at radius 2 is 1.60 bits per heavy atom. The zero-order valence-corrected chi connectivity index (χ0v) is 14.4. The van der Waals surface area contributed by atoms with Crippen LogP contribution in [0.15, 0.2) is 30.3 Å². The van der Waals surface area contributed by atoms with Crippen LogP contribution < -0.4 is 0 Å². The maximum Gasteiger partial charge on any atom is 0.414 e. The summed E-state index contributed by atoms with van der Waals surface area (Å²) in [4.78, 5) is 20.7. The molecule has 1 saturated carbocycles. The van der Waals surface area contributed by atoms with E-state index < -0.39 is 11.9 Å². The van der Waals surface area contributed by atoms with Gasteiger partial charge in [-0.2, -0.15) is 0 Å². The monoisotopic (exact) mass is 351 g/mol. The molecule has 1 saturated heterocycles. The van der Waals surface area contributed by atoms with E-state index in [1.165, 1.54) is 18.4 Å². The van der Waals surface area contributed by atoms with Crippen LogP contribution in [0.3, 0.4) is 0 Å². The summed E-state index contributed by atoms with van der Waals surface area (Å²) in [5, 5.41) is 14.8.